The lowest BCUT2D eigenvalue weighted by Crippen LogP contribution is -2.49. The lowest BCUT2D eigenvalue weighted by molar-refractivity contribution is 0.383. The maximum Gasteiger partial charge on any atom is 0.244 e. The lowest BCUT2D eigenvalue weighted by atomic mass is 10.2. The van der Waals surface area contributed by atoms with Gasteiger partial charge in [0.1, 0.15) is 15.7 Å². The first kappa shape index (κ1) is 20.1. The smallest absolute Gasteiger partial charge is 0.244 e. The standard InChI is InChI=1S/C20H23FN4O2S2/c1-14-13-28-20(22-14)18-12-19(15(2)23(18)3)29(26,27)25-10-8-24(9-11-25)17-7-5-4-6-16(17)21/h4-7,12-13H,8-11H2,1-3H3. The summed E-state index contributed by atoms with van der Waals surface area (Å²) in [5.74, 6) is -0.286. The highest BCUT2D eigenvalue weighted by Crippen LogP contribution is 2.32. The minimum Gasteiger partial charge on any atom is -0.367 e. The second kappa shape index (κ2) is 7.55. The number of piperazine rings is 1. The highest BCUT2D eigenvalue weighted by Gasteiger charge is 2.32. The van der Waals surface area contributed by atoms with Crippen molar-refractivity contribution in [1.29, 1.82) is 0 Å². The minimum atomic E-state index is -3.64. The van der Waals surface area contributed by atoms with E-state index < -0.39 is 10.0 Å². The number of para-hydroxylation sites is 1. The van der Waals surface area contributed by atoms with Crippen LogP contribution >= 0.6 is 11.3 Å². The van der Waals surface area contributed by atoms with Crippen molar-refractivity contribution in [3.8, 4) is 10.7 Å². The van der Waals surface area contributed by atoms with Crippen LogP contribution in [0.15, 0.2) is 40.6 Å². The number of rotatable bonds is 4. The Kier molecular flexibility index (Phi) is 5.22. The van der Waals surface area contributed by atoms with Gasteiger partial charge in [0.25, 0.3) is 0 Å². The molecule has 0 saturated carbocycles. The molecule has 0 N–H and O–H groups in total. The van der Waals surface area contributed by atoms with Gasteiger partial charge in [-0.2, -0.15) is 4.31 Å². The topological polar surface area (TPSA) is 58.4 Å². The van der Waals surface area contributed by atoms with Crippen LogP contribution in [0, 0.1) is 19.7 Å². The van der Waals surface area contributed by atoms with Crippen molar-refractivity contribution in [1.82, 2.24) is 13.9 Å². The Morgan fingerprint density at radius 1 is 1.10 bits per heavy atom. The first-order valence-electron chi connectivity index (χ1n) is 9.37. The molecule has 2 aromatic heterocycles. The summed E-state index contributed by atoms with van der Waals surface area (Å²) in [6, 6.07) is 8.30. The van der Waals surface area contributed by atoms with E-state index in [1.807, 2.05) is 35.7 Å². The van der Waals surface area contributed by atoms with Crippen molar-refractivity contribution in [2.75, 3.05) is 31.1 Å². The Balaban J connectivity index is 1.58. The maximum absolute atomic E-state index is 14.1. The molecule has 4 rings (SSSR count). The molecular formula is C20H23FN4O2S2. The van der Waals surface area contributed by atoms with E-state index in [0.717, 1.165) is 16.4 Å². The van der Waals surface area contributed by atoms with Crippen molar-refractivity contribution < 1.29 is 12.8 Å². The fraction of sp³-hybridized carbons (Fsp3) is 0.350. The van der Waals surface area contributed by atoms with E-state index in [2.05, 4.69) is 4.98 Å². The zero-order chi connectivity index (χ0) is 20.8. The summed E-state index contributed by atoms with van der Waals surface area (Å²) in [6.07, 6.45) is 0. The highest BCUT2D eigenvalue weighted by molar-refractivity contribution is 7.89. The number of hydrogen-bond donors (Lipinski definition) is 0. The van der Waals surface area contributed by atoms with E-state index in [1.54, 1.807) is 24.3 Å². The van der Waals surface area contributed by atoms with Gasteiger partial charge in [-0.15, -0.1) is 11.3 Å². The van der Waals surface area contributed by atoms with Gasteiger partial charge in [0.15, 0.2) is 0 Å². The van der Waals surface area contributed by atoms with Crippen molar-refractivity contribution >= 4 is 27.0 Å². The van der Waals surface area contributed by atoms with Gasteiger partial charge >= 0.3 is 0 Å². The van der Waals surface area contributed by atoms with Gasteiger partial charge in [0.05, 0.1) is 11.4 Å². The molecule has 0 atom stereocenters. The van der Waals surface area contributed by atoms with Gasteiger partial charge < -0.3 is 9.47 Å². The molecule has 3 aromatic rings. The molecule has 0 bridgehead atoms. The minimum absolute atomic E-state index is 0.286. The summed E-state index contributed by atoms with van der Waals surface area (Å²) in [5, 5.41) is 2.76. The quantitative estimate of drug-likeness (QED) is 0.631. The zero-order valence-corrected chi connectivity index (χ0v) is 18.2. The largest absolute Gasteiger partial charge is 0.367 e. The molecule has 29 heavy (non-hydrogen) atoms. The predicted molar refractivity (Wildman–Crippen MR) is 113 cm³/mol. The molecule has 1 aromatic carbocycles. The summed E-state index contributed by atoms with van der Waals surface area (Å²) in [7, 11) is -1.78. The molecule has 0 radical (unpaired) electrons. The van der Waals surface area contributed by atoms with Gasteiger partial charge in [-0.1, -0.05) is 12.1 Å². The van der Waals surface area contributed by atoms with Crippen LogP contribution in [-0.2, 0) is 17.1 Å². The Bertz CT molecular complexity index is 1150. The molecule has 6 nitrogen and oxygen atoms in total. The van der Waals surface area contributed by atoms with Crippen molar-refractivity contribution in [2.24, 2.45) is 7.05 Å². The molecule has 0 unspecified atom stereocenters. The number of thiazole rings is 1. The molecule has 1 fully saturated rings. The van der Waals surface area contributed by atoms with E-state index in [4.69, 9.17) is 0 Å². The number of aromatic nitrogens is 2. The third kappa shape index (κ3) is 3.58. The van der Waals surface area contributed by atoms with Crippen LogP contribution in [0.25, 0.3) is 10.7 Å². The van der Waals surface area contributed by atoms with Crippen LogP contribution in [-0.4, -0.2) is 48.5 Å². The van der Waals surface area contributed by atoms with Crippen LogP contribution in [0.5, 0.6) is 0 Å². The van der Waals surface area contributed by atoms with Crippen molar-refractivity contribution in [3.05, 3.63) is 52.9 Å². The number of anilines is 1. The monoisotopic (exact) mass is 434 g/mol. The van der Waals surface area contributed by atoms with Crippen LogP contribution in [0.1, 0.15) is 11.4 Å². The molecule has 1 saturated heterocycles. The van der Waals surface area contributed by atoms with E-state index in [1.165, 1.54) is 21.7 Å². The Hall–Kier alpha value is -2.23. The number of benzene rings is 1. The highest BCUT2D eigenvalue weighted by atomic mass is 32.2. The van der Waals surface area contributed by atoms with Crippen LogP contribution < -0.4 is 4.90 Å². The number of hydrogen-bond acceptors (Lipinski definition) is 5. The fourth-order valence-electron chi connectivity index (χ4n) is 3.63. The van der Waals surface area contributed by atoms with E-state index >= 15 is 0 Å². The third-order valence-corrected chi connectivity index (χ3v) is 8.37. The molecule has 3 heterocycles. The first-order valence-corrected chi connectivity index (χ1v) is 11.7. The van der Waals surface area contributed by atoms with E-state index in [9.17, 15) is 12.8 Å². The maximum atomic E-state index is 14.1. The molecular weight excluding hydrogens is 411 g/mol. The first-order chi connectivity index (χ1) is 13.8. The molecule has 0 spiro atoms. The second-order valence-corrected chi connectivity index (χ2v) is 9.94. The van der Waals surface area contributed by atoms with Crippen LogP contribution in [0.4, 0.5) is 10.1 Å². The number of sulfonamides is 1. The van der Waals surface area contributed by atoms with Gasteiger partial charge in [-0.05, 0) is 32.0 Å². The normalized spacial score (nSPS) is 15.8. The molecule has 154 valence electrons. The van der Waals surface area contributed by atoms with E-state index in [0.29, 0.717) is 42.5 Å². The summed E-state index contributed by atoms with van der Waals surface area (Å²) < 4.78 is 44.1. The van der Waals surface area contributed by atoms with Gasteiger partial charge in [-0.3, -0.25) is 0 Å². The summed E-state index contributed by atoms with van der Waals surface area (Å²) >= 11 is 1.50. The third-order valence-electron chi connectivity index (χ3n) is 5.38. The molecule has 0 amide bonds. The lowest BCUT2D eigenvalue weighted by Gasteiger charge is -2.35. The SMILES string of the molecule is Cc1csc(-c2cc(S(=O)(=O)N3CCN(c4ccccc4F)CC3)c(C)n2C)n1. The number of halogens is 1. The zero-order valence-electron chi connectivity index (χ0n) is 16.6. The molecule has 9 heteroatoms. The predicted octanol–water partition coefficient (Wildman–Crippen LogP) is 3.42. The number of nitrogens with zero attached hydrogens (tertiary/aromatic N) is 4. The summed E-state index contributed by atoms with van der Waals surface area (Å²) in [5.41, 5.74) is 2.91. The van der Waals surface area contributed by atoms with Gasteiger partial charge in [0.2, 0.25) is 10.0 Å². The molecule has 0 aliphatic carbocycles. The number of aryl methyl sites for hydroxylation is 1. The van der Waals surface area contributed by atoms with Gasteiger partial charge in [0, 0.05) is 50.0 Å². The van der Waals surface area contributed by atoms with Crippen LogP contribution in [0.3, 0.4) is 0 Å². The van der Waals surface area contributed by atoms with Crippen molar-refractivity contribution in [2.45, 2.75) is 18.7 Å². The average molecular weight is 435 g/mol. The van der Waals surface area contributed by atoms with E-state index in [-0.39, 0.29) is 5.82 Å². The molecule has 1 aliphatic heterocycles. The Morgan fingerprint density at radius 2 is 1.79 bits per heavy atom. The van der Waals surface area contributed by atoms with Crippen molar-refractivity contribution in [3.63, 3.8) is 0 Å². The van der Waals surface area contributed by atoms with Gasteiger partial charge in [-0.25, -0.2) is 17.8 Å². The summed E-state index contributed by atoms with van der Waals surface area (Å²) in [4.78, 5) is 6.69. The average Bonchev–Trinajstić information content (AvgIpc) is 3.26. The summed E-state index contributed by atoms with van der Waals surface area (Å²) in [6.45, 7) is 5.26. The fourth-order valence-corrected chi connectivity index (χ4v) is 6.17. The molecule has 1 aliphatic rings. The Labute approximate surface area is 174 Å². The second-order valence-electron chi connectivity index (χ2n) is 7.17. The van der Waals surface area contributed by atoms with Crippen LogP contribution in [0.2, 0.25) is 0 Å². The Morgan fingerprint density at radius 3 is 2.41 bits per heavy atom.